The molecular weight excluding hydrogens is 240 g/mol. The Balaban J connectivity index is 2.42. The van der Waals surface area contributed by atoms with Crippen LogP contribution in [-0.4, -0.2) is 37.4 Å². The number of carboxylic acid groups (broad SMARTS) is 1. The van der Waals surface area contributed by atoms with Crippen LogP contribution in [-0.2, 0) is 4.74 Å². The minimum Gasteiger partial charge on any atom is -0.477 e. The van der Waals surface area contributed by atoms with Crippen molar-refractivity contribution < 1.29 is 14.6 Å². The molecule has 0 spiro atoms. The van der Waals surface area contributed by atoms with Gasteiger partial charge in [0.25, 0.3) is 0 Å². The van der Waals surface area contributed by atoms with Gasteiger partial charge in [-0.3, -0.25) is 0 Å². The molecule has 1 saturated heterocycles. The molecule has 5 nitrogen and oxygen atoms in total. The number of ether oxygens (including phenoxy) is 1. The van der Waals surface area contributed by atoms with Gasteiger partial charge in [-0.2, -0.15) is 5.26 Å². The number of nitrogens with zero attached hydrogens (tertiary/aromatic N) is 2. The average molecular weight is 252 g/mol. The summed E-state index contributed by atoms with van der Waals surface area (Å²) in [7, 11) is 0. The summed E-state index contributed by atoms with van der Waals surface area (Å²) in [5, 5.41) is 18.9. The first-order valence-corrected chi connectivity index (χ1v) is 6.06. The van der Waals surface area contributed by atoms with Crippen molar-refractivity contribution in [3.05, 3.63) is 16.0 Å². The topological polar surface area (TPSA) is 73.6 Å². The molecule has 0 radical (unpaired) electrons. The van der Waals surface area contributed by atoms with Gasteiger partial charge in [-0.15, -0.1) is 11.3 Å². The third kappa shape index (κ3) is 2.12. The number of aromatic carboxylic acids is 1. The van der Waals surface area contributed by atoms with Gasteiger partial charge in [-0.25, -0.2) is 4.79 Å². The van der Waals surface area contributed by atoms with Crippen LogP contribution < -0.4 is 4.90 Å². The Kier molecular flexibility index (Phi) is 3.31. The molecule has 0 saturated carbocycles. The summed E-state index contributed by atoms with van der Waals surface area (Å²) in [6.45, 7) is 4.32. The largest absolute Gasteiger partial charge is 0.477 e. The van der Waals surface area contributed by atoms with E-state index < -0.39 is 5.97 Å². The molecule has 90 valence electrons. The average Bonchev–Trinajstić information content (AvgIpc) is 2.67. The summed E-state index contributed by atoms with van der Waals surface area (Å²) in [5.41, 5.74) is 1.04. The number of nitriles is 1. The van der Waals surface area contributed by atoms with Gasteiger partial charge >= 0.3 is 5.97 Å². The number of hydrogen-bond acceptors (Lipinski definition) is 5. The van der Waals surface area contributed by atoms with E-state index in [1.54, 1.807) is 6.92 Å². The van der Waals surface area contributed by atoms with Crippen LogP contribution in [0.5, 0.6) is 0 Å². The Morgan fingerprint density at radius 3 is 2.71 bits per heavy atom. The maximum absolute atomic E-state index is 11.0. The van der Waals surface area contributed by atoms with Crippen LogP contribution in [0.25, 0.3) is 0 Å². The summed E-state index contributed by atoms with van der Waals surface area (Å²) >= 11 is 1.17. The van der Waals surface area contributed by atoms with E-state index >= 15 is 0 Å². The molecule has 1 N–H and O–H groups in total. The molecule has 2 rings (SSSR count). The number of thiophene rings is 1. The third-order valence-electron chi connectivity index (χ3n) is 2.73. The monoisotopic (exact) mass is 252 g/mol. The lowest BCUT2D eigenvalue weighted by Gasteiger charge is -2.27. The summed E-state index contributed by atoms with van der Waals surface area (Å²) < 4.78 is 5.24. The van der Waals surface area contributed by atoms with E-state index in [2.05, 4.69) is 6.07 Å². The van der Waals surface area contributed by atoms with Gasteiger partial charge in [0, 0.05) is 13.1 Å². The Morgan fingerprint density at radius 1 is 1.53 bits per heavy atom. The zero-order valence-electron chi connectivity index (χ0n) is 9.39. The first kappa shape index (κ1) is 11.9. The molecule has 1 aliphatic heterocycles. The van der Waals surface area contributed by atoms with Gasteiger partial charge in [-0.1, -0.05) is 0 Å². The fourth-order valence-corrected chi connectivity index (χ4v) is 2.97. The minimum absolute atomic E-state index is 0.253. The van der Waals surface area contributed by atoms with Gasteiger partial charge in [0.15, 0.2) is 0 Å². The molecule has 2 heterocycles. The maximum atomic E-state index is 11.0. The van der Waals surface area contributed by atoms with Gasteiger partial charge < -0.3 is 14.7 Å². The summed E-state index contributed by atoms with van der Waals surface area (Å²) in [6, 6.07) is 2.10. The molecule has 6 heteroatoms. The molecule has 0 aliphatic carbocycles. The van der Waals surface area contributed by atoms with Gasteiger partial charge in [0.2, 0.25) is 0 Å². The number of carboxylic acids is 1. The van der Waals surface area contributed by atoms with Crippen LogP contribution in [0.1, 0.15) is 20.8 Å². The number of hydrogen-bond donors (Lipinski definition) is 1. The lowest BCUT2D eigenvalue weighted by Crippen LogP contribution is -2.36. The van der Waals surface area contributed by atoms with E-state index in [-0.39, 0.29) is 4.88 Å². The third-order valence-corrected chi connectivity index (χ3v) is 4.07. The van der Waals surface area contributed by atoms with E-state index in [0.29, 0.717) is 37.4 Å². The molecular formula is C11H12N2O3S. The van der Waals surface area contributed by atoms with Crippen LogP contribution in [0.15, 0.2) is 0 Å². The Morgan fingerprint density at radius 2 is 2.18 bits per heavy atom. The molecule has 0 amide bonds. The van der Waals surface area contributed by atoms with Crippen LogP contribution in [0.2, 0.25) is 0 Å². The second kappa shape index (κ2) is 4.73. The number of carbonyl (C=O) groups is 1. The van der Waals surface area contributed by atoms with Crippen molar-refractivity contribution in [1.29, 1.82) is 5.26 Å². The fraction of sp³-hybridized carbons (Fsp3) is 0.455. The standard InChI is InChI=1S/C11H12N2O3S/c1-7-8(6-12)10(17-9(7)11(14)15)13-2-4-16-5-3-13/h2-5H2,1H3,(H,14,15). The van der Waals surface area contributed by atoms with Crippen molar-refractivity contribution >= 4 is 22.3 Å². The summed E-state index contributed by atoms with van der Waals surface area (Å²) in [5.74, 6) is -0.969. The van der Waals surface area contributed by atoms with Crippen molar-refractivity contribution in [2.24, 2.45) is 0 Å². The predicted molar refractivity (Wildman–Crippen MR) is 63.8 cm³/mol. The number of morpholine rings is 1. The highest BCUT2D eigenvalue weighted by Crippen LogP contribution is 2.35. The van der Waals surface area contributed by atoms with Crippen molar-refractivity contribution in [3.8, 4) is 6.07 Å². The first-order chi connectivity index (χ1) is 8.15. The molecule has 1 fully saturated rings. The highest BCUT2D eigenvalue weighted by Gasteiger charge is 2.24. The number of anilines is 1. The number of rotatable bonds is 2. The quantitative estimate of drug-likeness (QED) is 0.862. The molecule has 0 unspecified atom stereocenters. The van der Waals surface area contributed by atoms with Crippen molar-refractivity contribution in [1.82, 2.24) is 0 Å². The van der Waals surface area contributed by atoms with Crippen LogP contribution in [0.3, 0.4) is 0 Å². The summed E-state index contributed by atoms with van der Waals surface area (Å²) in [6.07, 6.45) is 0. The highest BCUT2D eigenvalue weighted by molar-refractivity contribution is 7.18. The maximum Gasteiger partial charge on any atom is 0.346 e. The van der Waals surface area contributed by atoms with E-state index in [9.17, 15) is 4.79 Å². The molecule has 1 aromatic heterocycles. The zero-order chi connectivity index (χ0) is 12.4. The summed E-state index contributed by atoms with van der Waals surface area (Å²) in [4.78, 5) is 13.3. The van der Waals surface area contributed by atoms with Crippen LogP contribution >= 0.6 is 11.3 Å². The second-order valence-corrected chi connectivity index (χ2v) is 4.75. The first-order valence-electron chi connectivity index (χ1n) is 5.24. The SMILES string of the molecule is Cc1c(C(=O)O)sc(N2CCOCC2)c1C#N. The smallest absolute Gasteiger partial charge is 0.346 e. The lowest BCUT2D eigenvalue weighted by atomic mass is 10.1. The normalized spacial score (nSPS) is 15.6. The van der Waals surface area contributed by atoms with Crippen LogP contribution in [0, 0.1) is 18.3 Å². The Bertz CT molecular complexity index is 484. The van der Waals surface area contributed by atoms with Gasteiger partial charge in [-0.05, 0) is 12.5 Å². The Hall–Kier alpha value is -1.58. The van der Waals surface area contributed by atoms with Crippen molar-refractivity contribution in [2.45, 2.75) is 6.92 Å². The van der Waals surface area contributed by atoms with E-state index in [4.69, 9.17) is 15.1 Å². The molecule has 0 bridgehead atoms. The van der Waals surface area contributed by atoms with Crippen molar-refractivity contribution in [3.63, 3.8) is 0 Å². The molecule has 0 aromatic carbocycles. The van der Waals surface area contributed by atoms with Gasteiger partial charge in [0.05, 0.1) is 18.8 Å². The molecule has 1 aromatic rings. The fourth-order valence-electron chi connectivity index (χ4n) is 1.82. The molecule has 0 atom stereocenters. The second-order valence-electron chi connectivity index (χ2n) is 3.75. The van der Waals surface area contributed by atoms with Crippen molar-refractivity contribution in [2.75, 3.05) is 31.2 Å². The Labute approximate surface area is 103 Å². The van der Waals surface area contributed by atoms with E-state index in [1.165, 1.54) is 11.3 Å². The molecule has 17 heavy (non-hydrogen) atoms. The van der Waals surface area contributed by atoms with E-state index in [0.717, 1.165) is 5.00 Å². The predicted octanol–water partition coefficient (Wildman–Crippen LogP) is 1.46. The van der Waals surface area contributed by atoms with Gasteiger partial charge in [0.1, 0.15) is 15.9 Å². The lowest BCUT2D eigenvalue weighted by molar-refractivity contribution is 0.0701. The molecule has 1 aliphatic rings. The van der Waals surface area contributed by atoms with E-state index in [1.807, 2.05) is 4.90 Å². The van der Waals surface area contributed by atoms with Crippen LogP contribution in [0.4, 0.5) is 5.00 Å². The highest BCUT2D eigenvalue weighted by atomic mass is 32.1. The zero-order valence-corrected chi connectivity index (χ0v) is 10.2. The minimum atomic E-state index is -0.969.